The normalized spacial score (nSPS) is 13.0. The van der Waals surface area contributed by atoms with Crippen LogP contribution in [0.5, 0.6) is 0 Å². The summed E-state index contributed by atoms with van der Waals surface area (Å²) in [7, 11) is 0. The second-order valence-corrected chi connectivity index (χ2v) is 4.59. The van der Waals surface area contributed by atoms with Gasteiger partial charge in [0.15, 0.2) is 5.96 Å². The molecule has 1 rings (SSSR count). The van der Waals surface area contributed by atoms with Crippen LogP contribution in [0.15, 0.2) is 24.3 Å². The minimum atomic E-state index is -4.33. The second kappa shape index (κ2) is 7.14. The fourth-order valence-electron chi connectivity index (χ4n) is 1.68. The summed E-state index contributed by atoms with van der Waals surface area (Å²) in [6, 6.07) is 5.68. The Bertz CT molecular complexity index is 428. The predicted octanol–water partition coefficient (Wildman–Crippen LogP) is 1.89. The molecule has 0 saturated carbocycles. The molecular weight excluding hydrogens is 269 g/mol. The molecule has 0 heterocycles. The Hall–Kier alpha value is -1.76. The molecule has 1 unspecified atom stereocenters. The third-order valence-corrected chi connectivity index (χ3v) is 2.82. The summed E-state index contributed by atoms with van der Waals surface area (Å²) in [5.41, 5.74) is 6.89. The van der Waals surface area contributed by atoms with Gasteiger partial charge in [0.1, 0.15) is 6.04 Å². The molecule has 112 valence electrons. The van der Waals surface area contributed by atoms with Crippen LogP contribution in [0.4, 0.5) is 13.2 Å². The first-order valence-corrected chi connectivity index (χ1v) is 6.22. The standard InChI is InChI=1S/C13H19F3N4/c1-9-2-4-10(5-3-9)8-20-11(13(14,15)16)6-7-19-12(17)18/h2-5,11,20H,6-8H2,1H3,(H4,17,18,19). The number of nitrogens with one attached hydrogen (secondary N) is 3. The zero-order valence-electron chi connectivity index (χ0n) is 11.2. The number of benzene rings is 1. The lowest BCUT2D eigenvalue weighted by atomic mass is 10.1. The summed E-state index contributed by atoms with van der Waals surface area (Å²) in [6.07, 6.45) is -4.52. The van der Waals surface area contributed by atoms with Gasteiger partial charge in [0.05, 0.1) is 0 Å². The number of hydrogen-bond donors (Lipinski definition) is 4. The van der Waals surface area contributed by atoms with Gasteiger partial charge in [0.25, 0.3) is 0 Å². The van der Waals surface area contributed by atoms with Crippen molar-refractivity contribution in [3.63, 3.8) is 0 Å². The molecule has 0 aliphatic rings. The number of rotatable bonds is 6. The van der Waals surface area contributed by atoms with Crippen LogP contribution in [0.1, 0.15) is 17.5 Å². The Morgan fingerprint density at radius 1 is 1.30 bits per heavy atom. The minimum Gasteiger partial charge on any atom is -0.370 e. The van der Waals surface area contributed by atoms with Gasteiger partial charge in [-0.05, 0) is 18.9 Å². The summed E-state index contributed by atoms with van der Waals surface area (Å²) in [5.74, 6) is -0.329. The molecule has 0 radical (unpaired) electrons. The van der Waals surface area contributed by atoms with Crippen molar-refractivity contribution in [1.82, 2.24) is 10.6 Å². The fourth-order valence-corrected chi connectivity index (χ4v) is 1.68. The first-order valence-electron chi connectivity index (χ1n) is 6.22. The lowest BCUT2D eigenvalue weighted by molar-refractivity contribution is -0.157. The highest BCUT2D eigenvalue weighted by molar-refractivity contribution is 5.74. The summed E-state index contributed by atoms with van der Waals surface area (Å²) < 4.78 is 38.5. The molecule has 0 saturated heterocycles. The van der Waals surface area contributed by atoms with Gasteiger partial charge < -0.3 is 16.4 Å². The van der Waals surface area contributed by atoms with Crippen molar-refractivity contribution in [1.29, 1.82) is 5.41 Å². The van der Waals surface area contributed by atoms with Gasteiger partial charge in [0, 0.05) is 13.1 Å². The molecule has 5 N–H and O–H groups in total. The monoisotopic (exact) mass is 288 g/mol. The van der Waals surface area contributed by atoms with Gasteiger partial charge in [-0.2, -0.15) is 13.2 Å². The third kappa shape index (κ3) is 5.92. The average Bonchev–Trinajstić information content (AvgIpc) is 2.33. The maximum absolute atomic E-state index is 12.8. The highest BCUT2D eigenvalue weighted by atomic mass is 19.4. The largest absolute Gasteiger partial charge is 0.403 e. The van der Waals surface area contributed by atoms with Crippen LogP contribution >= 0.6 is 0 Å². The summed E-state index contributed by atoms with van der Waals surface area (Å²) in [4.78, 5) is 0. The summed E-state index contributed by atoms with van der Waals surface area (Å²) in [5, 5.41) is 11.8. The quantitative estimate of drug-likeness (QED) is 0.477. The van der Waals surface area contributed by atoms with E-state index in [2.05, 4.69) is 10.6 Å². The lowest BCUT2D eigenvalue weighted by Gasteiger charge is -2.22. The molecule has 0 spiro atoms. The average molecular weight is 288 g/mol. The number of nitrogens with two attached hydrogens (primary N) is 1. The van der Waals surface area contributed by atoms with Crippen LogP contribution in [-0.2, 0) is 6.54 Å². The number of alkyl halides is 3. The molecular formula is C13H19F3N4. The molecule has 20 heavy (non-hydrogen) atoms. The third-order valence-electron chi connectivity index (χ3n) is 2.82. The van der Waals surface area contributed by atoms with Crippen LogP contribution in [-0.4, -0.2) is 24.7 Å². The van der Waals surface area contributed by atoms with Crippen molar-refractivity contribution in [2.45, 2.75) is 32.1 Å². The topological polar surface area (TPSA) is 73.9 Å². The number of halogens is 3. The van der Waals surface area contributed by atoms with Crippen molar-refractivity contribution in [2.24, 2.45) is 5.73 Å². The Labute approximate surface area is 116 Å². The van der Waals surface area contributed by atoms with E-state index in [1.807, 2.05) is 19.1 Å². The van der Waals surface area contributed by atoms with E-state index in [0.29, 0.717) is 0 Å². The minimum absolute atomic E-state index is 0.000405. The maximum Gasteiger partial charge on any atom is 0.403 e. The molecule has 7 heteroatoms. The van der Waals surface area contributed by atoms with Crippen molar-refractivity contribution >= 4 is 5.96 Å². The van der Waals surface area contributed by atoms with E-state index in [1.54, 1.807) is 12.1 Å². The molecule has 0 fully saturated rings. The van der Waals surface area contributed by atoms with Crippen LogP contribution in [0.25, 0.3) is 0 Å². The first kappa shape index (κ1) is 16.3. The van der Waals surface area contributed by atoms with E-state index in [4.69, 9.17) is 11.1 Å². The Balaban J connectivity index is 2.52. The van der Waals surface area contributed by atoms with E-state index in [1.165, 1.54) is 0 Å². The molecule has 1 aromatic rings. The molecule has 0 aliphatic carbocycles. The van der Waals surface area contributed by atoms with Crippen LogP contribution in [0.2, 0.25) is 0 Å². The zero-order chi connectivity index (χ0) is 15.2. The van der Waals surface area contributed by atoms with Crippen LogP contribution in [0, 0.1) is 12.3 Å². The Kier molecular flexibility index (Phi) is 5.82. The highest BCUT2D eigenvalue weighted by Gasteiger charge is 2.38. The predicted molar refractivity (Wildman–Crippen MR) is 72.4 cm³/mol. The van der Waals surface area contributed by atoms with Crippen molar-refractivity contribution in [3.8, 4) is 0 Å². The number of aryl methyl sites for hydroxylation is 1. The molecule has 4 nitrogen and oxygen atoms in total. The highest BCUT2D eigenvalue weighted by Crippen LogP contribution is 2.22. The van der Waals surface area contributed by atoms with Crippen LogP contribution in [0.3, 0.4) is 0 Å². The summed E-state index contributed by atoms with van der Waals surface area (Å²) in [6.45, 7) is 2.06. The van der Waals surface area contributed by atoms with E-state index in [0.717, 1.165) is 11.1 Å². The lowest BCUT2D eigenvalue weighted by Crippen LogP contribution is -2.44. The number of hydrogen-bond acceptors (Lipinski definition) is 2. The van der Waals surface area contributed by atoms with E-state index >= 15 is 0 Å². The Morgan fingerprint density at radius 2 is 1.90 bits per heavy atom. The van der Waals surface area contributed by atoms with Crippen LogP contribution < -0.4 is 16.4 Å². The van der Waals surface area contributed by atoms with E-state index in [-0.39, 0.29) is 25.5 Å². The summed E-state index contributed by atoms with van der Waals surface area (Å²) >= 11 is 0. The molecule has 0 amide bonds. The maximum atomic E-state index is 12.8. The van der Waals surface area contributed by atoms with Gasteiger partial charge in [-0.15, -0.1) is 0 Å². The molecule has 0 aliphatic heterocycles. The van der Waals surface area contributed by atoms with Gasteiger partial charge in [-0.25, -0.2) is 0 Å². The van der Waals surface area contributed by atoms with Crippen molar-refractivity contribution in [2.75, 3.05) is 6.54 Å². The Morgan fingerprint density at radius 3 is 2.40 bits per heavy atom. The SMILES string of the molecule is Cc1ccc(CNC(CCNC(=N)N)C(F)(F)F)cc1. The second-order valence-electron chi connectivity index (χ2n) is 4.59. The van der Waals surface area contributed by atoms with E-state index in [9.17, 15) is 13.2 Å². The fraction of sp³-hybridized carbons (Fsp3) is 0.462. The van der Waals surface area contributed by atoms with Crippen molar-refractivity contribution in [3.05, 3.63) is 35.4 Å². The smallest absolute Gasteiger partial charge is 0.370 e. The molecule has 1 aromatic carbocycles. The number of guanidine groups is 1. The molecule has 1 atom stereocenters. The zero-order valence-corrected chi connectivity index (χ0v) is 11.2. The first-order chi connectivity index (χ1) is 9.29. The molecule has 0 aromatic heterocycles. The van der Waals surface area contributed by atoms with Gasteiger partial charge in [0.2, 0.25) is 0 Å². The van der Waals surface area contributed by atoms with E-state index < -0.39 is 12.2 Å². The van der Waals surface area contributed by atoms with Gasteiger partial charge in [-0.3, -0.25) is 5.41 Å². The van der Waals surface area contributed by atoms with Gasteiger partial charge in [-0.1, -0.05) is 29.8 Å². The van der Waals surface area contributed by atoms with Crippen molar-refractivity contribution < 1.29 is 13.2 Å². The molecule has 0 bridgehead atoms. The van der Waals surface area contributed by atoms with Gasteiger partial charge >= 0.3 is 6.18 Å².